The van der Waals surface area contributed by atoms with Crippen molar-refractivity contribution in [1.29, 1.82) is 0 Å². The number of ether oxygens (including phenoxy) is 2. The van der Waals surface area contributed by atoms with Crippen LogP contribution < -0.4 is 14.8 Å². The number of benzene rings is 2. The van der Waals surface area contributed by atoms with Crippen molar-refractivity contribution in [3.63, 3.8) is 0 Å². The second-order valence-corrected chi connectivity index (χ2v) is 8.18. The van der Waals surface area contributed by atoms with Crippen LogP contribution in [0.2, 0.25) is 10.0 Å². The first-order valence-electron chi connectivity index (χ1n) is 8.16. The van der Waals surface area contributed by atoms with Crippen LogP contribution in [0.15, 0.2) is 44.7 Å². The summed E-state index contributed by atoms with van der Waals surface area (Å²) in [6.07, 6.45) is 1.76. The number of carbonyl (C=O) groups excluding carboxylic acids is 1. The predicted molar refractivity (Wildman–Crippen MR) is 119 cm³/mol. The highest BCUT2D eigenvalue weighted by Gasteiger charge is 2.25. The molecule has 5 nitrogen and oxygen atoms in total. The molecule has 9 heteroatoms. The van der Waals surface area contributed by atoms with Crippen molar-refractivity contribution in [3.05, 3.63) is 55.3 Å². The summed E-state index contributed by atoms with van der Waals surface area (Å²) < 4.78 is 11.7. The van der Waals surface area contributed by atoms with Gasteiger partial charge in [-0.15, -0.1) is 0 Å². The van der Waals surface area contributed by atoms with Gasteiger partial charge in [0.05, 0.1) is 34.4 Å². The van der Waals surface area contributed by atoms with Gasteiger partial charge < -0.3 is 14.8 Å². The lowest BCUT2D eigenvalue weighted by Gasteiger charge is -2.11. The molecular formula is C19H15BrCl2N2O3S. The van der Waals surface area contributed by atoms with E-state index in [1.165, 1.54) is 11.8 Å². The van der Waals surface area contributed by atoms with E-state index in [0.717, 1.165) is 10.0 Å². The third-order valence-corrected chi connectivity index (χ3v) is 6.08. The van der Waals surface area contributed by atoms with E-state index in [2.05, 4.69) is 26.2 Å². The topological polar surface area (TPSA) is 59.9 Å². The largest absolute Gasteiger partial charge is 0.493 e. The summed E-state index contributed by atoms with van der Waals surface area (Å²) in [6.45, 7) is 2.39. The molecule has 2 aromatic rings. The third kappa shape index (κ3) is 4.66. The maximum absolute atomic E-state index is 12.4. The summed E-state index contributed by atoms with van der Waals surface area (Å²) in [4.78, 5) is 17.2. The van der Waals surface area contributed by atoms with Crippen molar-refractivity contribution in [2.75, 3.05) is 13.7 Å². The number of nitrogens with one attached hydrogen (secondary N) is 1. The fourth-order valence-corrected chi connectivity index (χ4v) is 4.00. The number of methoxy groups -OCH3 is 1. The van der Waals surface area contributed by atoms with E-state index >= 15 is 0 Å². The minimum Gasteiger partial charge on any atom is -0.493 e. The highest BCUT2D eigenvalue weighted by Crippen LogP contribution is 2.37. The second-order valence-electron chi connectivity index (χ2n) is 5.51. The SMILES string of the molecule is CCOc1cc(/C=C2/SC(=Nc3cccc(Cl)c3Cl)NC2=O)c(Br)cc1OC. The van der Waals surface area contributed by atoms with Crippen LogP contribution in [0.1, 0.15) is 12.5 Å². The summed E-state index contributed by atoms with van der Waals surface area (Å²) in [5, 5.41) is 3.90. The molecule has 1 aliphatic heterocycles. The van der Waals surface area contributed by atoms with Crippen LogP contribution in [0, 0.1) is 0 Å². The molecule has 0 aromatic heterocycles. The van der Waals surface area contributed by atoms with Gasteiger partial charge in [-0.2, -0.15) is 0 Å². The average Bonchev–Trinajstić information content (AvgIpc) is 3.00. The lowest BCUT2D eigenvalue weighted by molar-refractivity contribution is -0.115. The number of thioether (sulfide) groups is 1. The molecule has 28 heavy (non-hydrogen) atoms. The Balaban J connectivity index is 1.92. The zero-order chi connectivity index (χ0) is 20.3. The van der Waals surface area contributed by atoms with Crippen molar-refractivity contribution in [2.45, 2.75) is 6.92 Å². The van der Waals surface area contributed by atoms with Crippen LogP contribution in [-0.2, 0) is 4.79 Å². The van der Waals surface area contributed by atoms with E-state index < -0.39 is 0 Å². The number of aliphatic imine (C=N–C) groups is 1. The van der Waals surface area contributed by atoms with Crippen molar-refractivity contribution >= 4 is 73.7 Å². The maximum atomic E-state index is 12.4. The number of amides is 1. The molecular weight excluding hydrogens is 487 g/mol. The fraction of sp³-hybridized carbons (Fsp3) is 0.158. The molecule has 0 spiro atoms. The van der Waals surface area contributed by atoms with Gasteiger partial charge in [-0.25, -0.2) is 4.99 Å². The smallest absolute Gasteiger partial charge is 0.264 e. The van der Waals surface area contributed by atoms with E-state index in [-0.39, 0.29) is 5.91 Å². The van der Waals surface area contributed by atoms with Gasteiger partial charge in [0, 0.05) is 4.47 Å². The zero-order valence-electron chi connectivity index (χ0n) is 14.9. The summed E-state index contributed by atoms with van der Waals surface area (Å²) in [7, 11) is 1.58. The van der Waals surface area contributed by atoms with Crippen LogP contribution in [0.5, 0.6) is 11.5 Å². The Kier molecular flexibility index (Phi) is 6.93. The first-order chi connectivity index (χ1) is 13.4. The molecule has 1 saturated heterocycles. The predicted octanol–water partition coefficient (Wildman–Crippen LogP) is 6.05. The Bertz CT molecular complexity index is 995. The quantitative estimate of drug-likeness (QED) is 0.506. The van der Waals surface area contributed by atoms with Crippen LogP contribution in [0.4, 0.5) is 5.69 Å². The van der Waals surface area contributed by atoms with Crippen LogP contribution in [0.25, 0.3) is 6.08 Å². The molecule has 0 unspecified atom stereocenters. The van der Waals surface area contributed by atoms with Gasteiger partial charge in [-0.05, 0) is 54.6 Å². The van der Waals surface area contributed by atoms with E-state index in [4.69, 9.17) is 32.7 Å². The minimum absolute atomic E-state index is 0.248. The number of halogens is 3. The molecule has 3 rings (SSSR count). The minimum atomic E-state index is -0.248. The summed E-state index contributed by atoms with van der Waals surface area (Å²) in [6, 6.07) is 8.77. The molecule has 1 amide bonds. The van der Waals surface area contributed by atoms with Gasteiger partial charge in [-0.1, -0.05) is 45.2 Å². The lowest BCUT2D eigenvalue weighted by atomic mass is 10.2. The number of amidine groups is 1. The van der Waals surface area contributed by atoms with Gasteiger partial charge in [0.25, 0.3) is 5.91 Å². The van der Waals surface area contributed by atoms with Crippen LogP contribution in [0.3, 0.4) is 0 Å². The molecule has 146 valence electrons. The molecule has 1 heterocycles. The first-order valence-corrected chi connectivity index (χ1v) is 10.5. The Morgan fingerprint density at radius 2 is 2.07 bits per heavy atom. The van der Waals surface area contributed by atoms with E-state index in [0.29, 0.717) is 43.9 Å². The second kappa shape index (κ2) is 9.22. The van der Waals surface area contributed by atoms with Crippen molar-refractivity contribution in [3.8, 4) is 11.5 Å². The van der Waals surface area contributed by atoms with Crippen LogP contribution >= 0.6 is 50.9 Å². The Morgan fingerprint density at radius 3 is 2.79 bits per heavy atom. The Morgan fingerprint density at radius 1 is 1.29 bits per heavy atom. The highest BCUT2D eigenvalue weighted by molar-refractivity contribution is 9.10. The van der Waals surface area contributed by atoms with E-state index in [1.807, 2.05) is 13.0 Å². The average molecular weight is 502 g/mol. The molecule has 1 N–H and O–H groups in total. The first kappa shape index (κ1) is 21.0. The van der Waals surface area contributed by atoms with Crippen molar-refractivity contribution in [1.82, 2.24) is 5.32 Å². The lowest BCUT2D eigenvalue weighted by Crippen LogP contribution is -2.19. The normalized spacial score (nSPS) is 16.5. The summed E-state index contributed by atoms with van der Waals surface area (Å²) in [5.74, 6) is 0.961. The zero-order valence-corrected chi connectivity index (χ0v) is 18.8. The summed E-state index contributed by atoms with van der Waals surface area (Å²) >= 11 is 16.9. The van der Waals surface area contributed by atoms with E-state index in [9.17, 15) is 4.79 Å². The molecule has 0 saturated carbocycles. The maximum Gasteiger partial charge on any atom is 0.264 e. The number of hydrogen-bond acceptors (Lipinski definition) is 5. The van der Waals surface area contributed by atoms with Crippen LogP contribution in [-0.4, -0.2) is 24.8 Å². The number of carbonyl (C=O) groups is 1. The molecule has 0 aliphatic carbocycles. The van der Waals surface area contributed by atoms with Gasteiger partial charge >= 0.3 is 0 Å². The molecule has 2 aromatic carbocycles. The number of rotatable bonds is 5. The molecule has 1 aliphatic rings. The van der Waals surface area contributed by atoms with Crippen molar-refractivity contribution < 1.29 is 14.3 Å². The Hall–Kier alpha value is -1.67. The van der Waals surface area contributed by atoms with Gasteiger partial charge in [-0.3, -0.25) is 4.79 Å². The number of nitrogens with zero attached hydrogens (tertiary/aromatic N) is 1. The van der Waals surface area contributed by atoms with Gasteiger partial charge in [0.15, 0.2) is 16.7 Å². The van der Waals surface area contributed by atoms with Gasteiger partial charge in [0.2, 0.25) is 0 Å². The number of hydrogen-bond donors (Lipinski definition) is 1. The fourth-order valence-electron chi connectivity index (χ4n) is 2.40. The summed E-state index contributed by atoms with van der Waals surface area (Å²) in [5.41, 5.74) is 1.27. The molecule has 0 atom stereocenters. The standard InChI is InChI=1S/C19H15BrCl2N2O3S/c1-3-27-15-7-10(11(20)9-14(15)26-2)8-16-18(25)24-19(28-16)23-13-6-4-5-12(21)17(13)22/h4-9H,3H2,1-2H3,(H,23,24,25)/b16-8+. The Labute approximate surface area is 185 Å². The monoisotopic (exact) mass is 500 g/mol. The highest BCUT2D eigenvalue weighted by atomic mass is 79.9. The van der Waals surface area contributed by atoms with Gasteiger partial charge in [0.1, 0.15) is 0 Å². The molecule has 0 bridgehead atoms. The van der Waals surface area contributed by atoms with E-state index in [1.54, 1.807) is 37.5 Å². The molecule has 1 fully saturated rings. The van der Waals surface area contributed by atoms with Crippen molar-refractivity contribution in [2.24, 2.45) is 4.99 Å². The molecule has 0 radical (unpaired) electrons. The third-order valence-electron chi connectivity index (χ3n) is 3.67.